The molecule has 1 aromatic heterocycles. The fraction of sp³-hybridized carbons (Fsp3) is 0.0455. The minimum Gasteiger partial charge on any atom is -0.293 e. The monoisotopic (exact) mass is 408 g/mol. The van der Waals surface area contributed by atoms with Crippen molar-refractivity contribution >= 4 is 39.9 Å². The van der Waals surface area contributed by atoms with Gasteiger partial charge in [-0.3, -0.25) is 4.79 Å². The summed E-state index contributed by atoms with van der Waals surface area (Å²) in [4.78, 5) is 12.4. The molecule has 4 aromatic rings. The van der Waals surface area contributed by atoms with E-state index in [0.29, 0.717) is 21.3 Å². The number of fused-ring (bicyclic) bond motifs is 1. The van der Waals surface area contributed by atoms with Crippen molar-refractivity contribution in [2.24, 2.45) is 0 Å². The Labute approximate surface area is 170 Å². The highest BCUT2D eigenvalue weighted by molar-refractivity contribution is 8.00. The molecule has 0 aliphatic rings. The van der Waals surface area contributed by atoms with Crippen molar-refractivity contribution in [1.29, 1.82) is 0 Å². The maximum atomic E-state index is 13.2. The van der Waals surface area contributed by atoms with E-state index in [1.807, 2.05) is 24.3 Å². The summed E-state index contributed by atoms with van der Waals surface area (Å²) in [6.45, 7) is 0. The van der Waals surface area contributed by atoms with Crippen LogP contribution in [0.5, 0.6) is 0 Å². The summed E-state index contributed by atoms with van der Waals surface area (Å²) in [5, 5.41) is 11.8. The van der Waals surface area contributed by atoms with Gasteiger partial charge >= 0.3 is 0 Å². The zero-order valence-electron chi connectivity index (χ0n) is 14.6. The standard InChI is InChI=1S/C22H14ClFN2OS/c23-16-9-5-14(6-10-16)20(27)13-28-22-19-4-2-1-3-18(19)21(25-26-22)15-7-11-17(24)12-8-15/h1-12H,13H2. The number of ketones is 1. The molecular weight excluding hydrogens is 395 g/mol. The molecule has 0 amide bonds. The molecule has 0 aliphatic carbocycles. The van der Waals surface area contributed by atoms with Crippen molar-refractivity contribution in [3.63, 3.8) is 0 Å². The van der Waals surface area contributed by atoms with E-state index < -0.39 is 0 Å². The first-order valence-electron chi connectivity index (χ1n) is 8.55. The first-order chi connectivity index (χ1) is 13.6. The minimum atomic E-state index is -0.297. The highest BCUT2D eigenvalue weighted by Crippen LogP contribution is 2.32. The van der Waals surface area contributed by atoms with Gasteiger partial charge in [-0.05, 0) is 48.5 Å². The van der Waals surface area contributed by atoms with Crippen LogP contribution in [0.1, 0.15) is 10.4 Å². The lowest BCUT2D eigenvalue weighted by molar-refractivity contribution is 0.102. The molecule has 0 aliphatic heterocycles. The fourth-order valence-electron chi connectivity index (χ4n) is 2.86. The van der Waals surface area contributed by atoms with Crippen LogP contribution >= 0.6 is 23.4 Å². The van der Waals surface area contributed by atoms with Gasteiger partial charge in [0.15, 0.2) is 5.78 Å². The van der Waals surface area contributed by atoms with Crippen LogP contribution in [0.15, 0.2) is 77.8 Å². The summed E-state index contributed by atoms with van der Waals surface area (Å²) in [7, 11) is 0. The number of aromatic nitrogens is 2. The minimum absolute atomic E-state index is 0.00448. The molecule has 6 heteroatoms. The van der Waals surface area contributed by atoms with Crippen LogP contribution in [0.4, 0.5) is 4.39 Å². The van der Waals surface area contributed by atoms with Gasteiger partial charge in [0.25, 0.3) is 0 Å². The Balaban J connectivity index is 1.63. The van der Waals surface area contributed by atoms with E-state index in [4.69, 9.17) is 11.6 Å². The number of carbonyl (C=O) groups is 1. The maximum Gasteiger partial charge on any atom is 0.173 e. The van der Waals surface area contributed by atoms with Gasteiger partial charge in [0.1, 0.15) is 16.5 Å². The van der Waals surface area contributed by atoms with Crippen molar-refractivity contribution in [3.05, 3.63) is 89.2 Å². The number of halogens is 2. The van der Waals surface area contributed by atoms with Crippen LogP contribution in [0.25, 0.3) is 22.0 Å². The zero-order chi connectivity index (χ0) is 19.5. The Morgan fingerprint density at radius 1 is 0.893 bits per heavy atom. The Bertz CT molecular complexity index is 1150. The number of nitrogens with zero attached hydrogens (tertiary/aromatic N) is 2. The van der Waals surface area contributed by atoms with Crippen LogP contribution < -0.4 is 0 Å². The molecule has 0 atom stereocenters. The number of carbonyl (C=O) groups excluding carboxylic acids is 1. The molecule has 3 nitrogen and oxygen atoms in total. The van der Waals surface area contributed by atoms with Gasteiger partial charge < -0.3 is 0 Å². The highest BCUT2D eigenvalue weighted by atomic mass is 35.5. The van der Waals surface area contributed by atoms with E-state index in [1.54, 1.807) is 36.4 Å². The molecule has 0 radical (unpaired) electrons. The average molecular weight is 409 g/mol. The van der Waals surface area contributed by atoms with Crippen LogP contribution in [-0.2, 0) is 0 Å². The van der Waals surface area contributed by atoms with E-state index in [2.05, 4.69) is 10.2 Å². The summed E-state index contributed by atoms with van der Waals surface area (Å²) in [6.07, 6.45) is 0. The molecule has 0 N–H and O–H groups in total. The number of benzene rings is 3. The van der Waals surface area contributed by atoms with Crippen molar-refractivity contribution in [1.82, 2.24) is 10.2 Å². The second-order valence-electron chi connectivity index (χ2n) is 6.12. The lowest BCUT2D eigenvalue weighted by atomic mass is 10.1. The third-order valence-corrected chi connectivity index (χ3v) is 5.51. The van der Waals surface area contributed by atoms with Crippen molar-refractivity contribution in [2.75, 3.05) is 5.75 Å². The van der Waals surface area contributed by atoms with E-state index >= 15 is 0 Å². The number of hydrogen-bond donors (Lipinski definition) is 0. The molecule has 3 aromatic carbocycles. The Morgan fingerprint density at radius 2 is 1.57 bits per heavy atom. The molecule has 0 unspecified atom stereocenters. The van der Waals surface area contributed by atoms with Gasteiger partial charge in [0.2, 0.25) is 0 Å². The normalized spacial score (nSPS) is 10.9. The Morgan fingerprint density at radius 3 is 2.29 bits per heavy atom. The Kier molecular flexibility index (Phi) is 5.37. The fourth-order valence-corrected chi connectivity index (χ4v) is 3.85. The largest absolute Gasteiger partial charge is 0.293 e. The predicted octanol–water partition coefficient (Wildman–Crippen LogP) is 6.06. The van der Waals surface area contributed by atoms with Gasteiger partial charge in [-0.1, -0.05) is 47.6 Å². The van der Waals surface area contributed by atoms with Crippen LogP contribution in [0, 0.1) is 5.82 Å². The summed E-state index contributed by atoms with van der Waals surface area (Å²) in [5.41, 5.74) is 2.08. The average Bonchev–Trinajstić information content (AvgIpc) is 2.73. The highest BCUT2D eigenvalue weighted by Gasteiger charge is 2.13. The predicted molar refractivity (Wildman–Crippen MR) is 111 cm³/mol. The molecule has 0 spiro atoms. The third kappa shape index (κ3) is 3.91. The molecule has 0 fully saturated rings. The first kappa shape index (κ1) is 18.6. The van der Waals surface area contributed by atoms with Gasteiger partial charge in [-0.25, -0.2) is 4.39 Å². The number of Topliss-reactive ketones (excluding diaryl/α,β-unsaturated/α-hetero) is 1. The molecule has 0 saturated carbocycles. The lowest BCUT2D eigenvalue weighted by Crippen LogP contribution is -2.03. The Hall–Kier alpha value is -2.76. The molecule has 0 saturated heterocycles. The van der Waals surface area contributed by atoms with E-state index in [9.17, 15) is 9.18 Å². The summed E-state index contributed by atoms with van der Waals surface area (Å²) in [5.74, 6) is -0.0556. The summed E-state index contributed by atoms with van der Waals surface area (Å²) in [6, 6.07) is 20.7. The van der Waals surface area contributed by atoms with Crippen LogP contribution in [-0.4, -0.2) is 21.7 Å². The molecule has 28 heavy (non-hydrogen) atoms. The molecule has 138 valence electrons. The zero-order valence-corrected chi connectivity index (χ0v) is 16.2. The SMILES string of the molecule is O=C(CSc1nnc(-c2ccc(F)cc2)c2ccccc12)c1ccc(Cl)cc1. The third-order valence-electron chi connectivity index (χ3n) is 4.28. The molecular formula is C22H14ClFN2OS. The quantitative estimate of drug-likeness (QED) is 0.297. The summed E-state index contributed by atoms with van der Waals surface area (Å²) >= 11 is 7.22. The molecule has 4 rings (SSSR count). The van der Waals surface area contributed by atoms with Crippen molar-refractivity contribution < 1.29 is 9.18 Å². The second kappa shape index (κ2) is 8.09. The van der Waals surface area contributed by atoms with E-state index in [0.717, 1.165) is 16.3 Å². The number of hydrogen-bond acceptors (Lipinski definition) is 4. The van der Waals surface area contributed by atoms with Gasteiger partial charge in [0, 0.05) is 26.9 Å². The van der Waals surface area contributed by atoms with Crippen molar-refractivity contribution in [3.8, 4) is 11.3 Å². The van der Waals surface area contributed by atoms with Gasteiger partial charge in [-0.15, -0.1) is 10.2 Å². The maximum absolute atomic E-state index is 13.2. The van der Waals surface area contributed by atoms with E-state index in [1.165, 1.54) is 23.9 Å². The molecule has 0 bridgehead atoms. The smallest absolute Gasteiger partial charge is 0.173 e. The van der Waals surface area contributed by atoms with Gasteiger partial charge in [0.05, 0.1) is 5.75 Å². The molecule has 1 heterocycles. The number of thioether (sulfide) groups is 1. The second-order valence-corrected chi connectivity index (χ2v) is 7.53. The first-order valence-corrected chi connectivity index (χ1v) is 9.91. The van der Waals surface area contributed by atoms with Crippen LogP contribution in [0.2, 0.25) is 5.02 Å². The summed E-state index contributed by atoms with van der Waals surface area (Å²) < 4.78 is 13.2. The van der Waals surface area contributed by atoms with Gasteiger partial charge in [-0.2, -0.15) is 0 Å². The lowest BCUT2D eigenvalue weighted by Gasteiger charge is -2.09. The van der Waals surface area contributed by atoms with Crippen LogP contribution in [0.3, 0.4) is 0 Å². The van der Waals surface area contributed by atoms with Crippen molar-refractivity contribution in [2.45, 2.75) is 5.03 Å². The number of rotatable bonds is 5. The van der Waals surface area contributed by atoms with E-state index in [-0.39, 0.29) is 17.4 Å². The topological polar surface area (TPSA) is 42.9 Å².